The Morgan fingerprint density at radius 1 is 1.50 bits per heavy atom. The lowest BCUT2D eigenvalue weighted by Gasteiger charge is -2.35. The van der Waals surface area contributed by atoms with Gasteiger partial charge in [-0.25, -0.2) is 0 Å². The van der Waals surface area contributed by atoms with E-state index in [1.54, 1.807) is 0 Å². The van der Waals surface area contributed by atoms with Crippen LogP contribution in [-0.2, 0) is 4.79 Å². The third-order valence-electron chi connectivity index (χ3n) is 3.02. The van der Waals surface area contributed by atoms with Gasteiger partial charge in [0, 0.05) is 38.1 Å². The standard InChI is InChI=1S/C10H19N3O/c1-13(9-6-11-7-9)5-4-10(14)12-8-2-3-8/h8-9,11H,2-7H2,1H3,(H,12,14). The molecule has 2 aliphatic rings. The molecule has 2 rings (SSSR count). The maximum Gasteiger partial charge on any atom is 0.221 e. The van der Waals surface area contributed by atoms with Crippen molar-refractivity contribution >= 4 is 5.91 Å². The highest BCUT2D eigenvalue weighted by Crippen LogP contribution is 2.18. The third-order valence-corrected chi connectivity index (χ3v) is 3.02. The van der Waals surface area contributed by atoms with E-state index in [1.165, 1.54) is 12.8 Å². The number of hydrogen-bond acceptors (Lipinski definition) is 3. The molecule has 1 aliphatic heterocycles. The Morgan fingerprint density at radius 3 is 2.71 bits per heavy atom. The number of rotatable bonds is 5. The van der Waals surface area contributed by atoms with Gasteiger partial charge >= 0.3 is 0 Å². The van der Waals surface area contributed by atoms with E-state index in [0.29, 0.717) is 18.5 Å². The van der Waals surface area contributed by atoms with E-state index in [0.717, 1.165) is 19.6 Å². The Labute approximate surface area is 85.0 Å². The molecule has 1 saturated carbocycles. The van der Waals surface area contributed by atoms with Crippen LogP contribution in [-0.4, -0.2) is 49.6 Å². The molecule has 0 aromatic carbocycles. The summed E-state index contributed by atoms with van der Waals surface area (Å²) in [5.41, 5.74) is 0. The first kappa shape index (κ1) is 9.93. The van der Waals surface area contributed by atoms with Crippen molar-refractivity contribution in [3.05, 3.63) is 0 Å². The predicted molar refractivity (Wildman–Crippen MR) is 55.1 cm³/mol. The van der Waals surface area contributed by atoms with E-state index >= 15 is 0 Å². The molecule has 2 N–H and O–H groups in total. The van der Waals surface area contributed by atoms with E-state index in [1.807, 2.05) is 0 Å². The number of hydrogen-bond donors (Lipinski definition) is 2. The van der Waals surface area contributed by atoms with Crippen molar-refractivity contribution < 1.29 is 4.79 Å². The van der Waals surface area contributed by atoms with E-state index in [2.05, 4.69) is 22.6 Å². The second kappa shape index (κ2) is 4.28. The predicted octanol–water partition coefficient (Wildman–Crippen LogP) is -0.441. The smallest absolute Gasteiger partial charge is 0.221 e. The highest BCUT2D eigenvalue weighted by atomic mass is 16.1. The summed E-state index contributed by atoms with van der Waals surface area (Å²) >= 11 is 0. The Morgan fingerprint density at radius 2 is 2.21 bits per heavy atom. The molecule has 1 saturated heterocycles. The van der Waals surface area contributed by atoms with Gasteiger partial charge in [0.15, 0.2) is 0 Å². The molecule has 0 atom stereocenters. The van der Waals surface area contributed by atoms with Crippen LogP contribution < -0.4 is 10.6 Å². The summed E-state index contributed by atoms with van der Waals surface area (Å²) in [5.74, 6) is 0.214. The van der Waals surface area contributed by atoms with Gasteiger partial charge in [-0.2, -0.15) is 0 Å². The summed E-state index contributed by atoms with van der Waals surface area (Å²) in [6, 6.07) is 1.14. The lowest BCUT2D eigenvalue weighted by Crippen LogP contribution is -2.56. The maximum atomic E-state index is 11.4. The van der Waals surface area contributed by atoms with Gasteiger partial charge in [0.25, 0.3) is 0 Å². The lowest BCUT2D eigenvalue weighted by atomic mass is 10.1. The van der Waals surface area contributed by atoms with Crippen LogP contribution in [0, 0.1) is 0 Å². The largest absolute Gasteiger partial charge is 0.353 e. The van der Waals surface area contributed by atoms with Gasteiger partial charge in [-0.1, -0.05) is 0 Å². The average Bonchev–Trinajstić information content (AvgIpc) is 2.81. The van der Waals surface area contributed by atoms with Gasteiger partial charge in [-0.15, -0.1) is 0 Å². The maximum absolute atomic E-state index is 11.4. The summed E-state index contributed by atoms with van der Waals surface area (Å²) < 4.78 is 0. The highest BCUT2D eigenvalue weighted by Gasteiger charge is 2.24. The number of amides is 1. The van der Waals surface area contributed by atoms with Gasteiger partial charge in [0.2, 0.25) is 5.91 Å². The van der Waals surface area contributed by atoms with Crippen LogP contribution in [0.2, 0.25) is 0 Å². The van der Waals surface area contributed by atoms with Crippen LogP contribution in [0.15, 0.2) is 0 Å². The van der Waals surface area contributed by atoms with Crippen molar-refractivity contribution in [2.24, 2.45) is 0 Å². The number of nitrogens with zero attached hydrogens (tertiary/aromatic N) is 1. The minimum atomic E-state index is 0.214. The van der Waals surface area contributed by atoms with E-state index in [9.17, 15) is 4.79 Å². The van der Waals surface area contributed by atoms with Crippen molar-refractivity contribution in [3.8, 4) is 0 Å². The summed E-state index contributed by atoms with van der Waals surface area (Å²) in [6.07, 6.45) is 2.99. The van der Waals surface area contributed by atoms with Gasteiger partial charge in [-0.3, -0.25) is 4.79 Å². The molecule has 14 heavy (non-hydrogen) atoms. The first-order chi connectivity index (χ1) is 6.75. The fraction of sp³-hybridized carbons (Fsp3) is 0.900. The average molecular weight is 197 g/mol. The molecule has 0 spiro atoms. The van der Waals surface area contributed by atoms with Gasteiger partial charge < -0.3 is 15.5 Å². The van der Waals surface area contributed by atoms with Crippen molar-refractivity contribution in [2.45, 2.75) is 31.3 Å². The van der Waals surface area contributed by atoms with Crippen LogP contribution in [0.4, 0.5) is 0 Å². The zero-order valence-corrected chi connectivity index (χ0v) is 8.75. The van der Waals surface area contributed by atoms with Crippen LogP contribution >= 0.6 is 0 Å². The van der Waals surface area contributed by atoms with E-state index < -0.39 is 0 Å². The second-order valence-electron chi connectivity index (χ2n) is 4.38. The molecule has 0 aromatic heterocycles. The molecule has 4 nitrogen and oxygen atoms in total. The van der Waals surface area contributed by atoms with Crippen LogP contribution in [0.5, 0.6) is 0 Å². The zero-order chi connectivity index (χ0) is 9.97. The van der Waals surface area contributed by atoms with Crippen LogP contribution in [0.25, 0.3) is 0 Å². The molecule has 1 amide bonds. The molecule has 4 heteroatoms. The quantitative estimate of drug-likeness (QED) is 0.628. The number of carbonyl (C=O) groups is 1. The third kappa shape index (κ3) is 2.69. The molecule has 1 aliphatic carbocycles. The fourth-order valence-corrected chi connectivity index (χ4v) is 1.57. The zero-order valence-electron chi connectivity index (χ0n) is 8.75. The van der Waals surface area contributed by atoms with Crippen molar-refractivity contribution in [1.82, 2.24) is 15.5 Å². The normalized spacial score (nSPS) is 22.1. The topological polar surface area (TPSA) is 44.4 Å². The summed E-state index contributed by atoms with van der Waals surface area (Å²) in [6.45, 7) is 3.02. The minimum Gasteiger partial charge on any atom is -0.353 e. The van der Waals surface area contributed by atoms with Gasteiger partial charge in [-0.05, 0) is 19.9 Å². The first-order valence-corrected chi connectivity index (χ1v) is 5.46. The Hall–Kier alpha value is -0.610. The Kier molecular flexibility index (Phi) is 3.03. The minimum absolute atomic E-state index is 0.214. The molecule has 0 radical (unpaired) electrons. The summed E-state index contributed by atoms with van der Waals surface area (Å²) in [5, 5.41) is 6.23. The number of carbonyl (C=O) groups excluding carboxylic acids is 1. The molecule has 1 heterocycles. The molecule has 0 unspecified atom stereocenters. The van der Waals surface area contributed by atoms with Crippen molar-refractivity contribution in [1.29, 1.82) is 0 Å². The van der Waals surface area contributed by atoms with Crippen molar-refractivity contribution in [2.75, 3.05) is 26.7 Å². The fourth-order valence-electron chi connectivity index (χ4n) is 1.57. The van der Waals surface area contributed by atoms with Crippen LogP contribution in [0.1, 0.15) is 19.3 Å². The molecular formula is C10H19N3O. The number of nitrogens with one attached hydrogen (secondary N) is 2. The molecule has 0 aromatic rings. The summed E-state index contributed by atoms with van der Waals surface area (Å²) in [7, 11) is 2.09. The molecular weight excluding hydrogens is 178 g/mol. The Balaban J connectivity index is 1.57. The molecule has 0 bridgehead atoms. The van der Waals surface area contributed by atoms with Gasteiger partial charge in [0.1, 0.15) is 0 Å². The lowest BCUT2D eigenvalue weighted by molar-refractivity contribution is -0.121. The van der Waals surface area contributed by atoms with Gasteiger partial charge in [0.05, 0.1) is 0 Å². The first-order valence-electron chi connectivity index (χ1n) is 5.46. The monoisotopic (exact) mass is 197 g/mol. The van der Waals surface area contributed by atoms with E-state index in [-0.39, 0.29) is 5.91 Å². The van der Waals surface area contributed by atoms with E-state index in [4.69, 9.17) is 0 Å². The molecule has 2 fully saturated rings. The van der Waals surface area contributed by atoms with Crippen molar-refractivity contribution in [3.63, 3.8) is 0 Å². The van der Waals surface area contributed by atoms with Crippen LogP contribution in [0.3, 0.4) is 0 Å². The Bertz CT molecular complexity index is 211. The summed E-state index contributed by atoms with van der Waals surface area (Å²) in [4.78, 5) is 13.6. The number of likely N-dealkylation sites (N-methyl/N-ethyl adjacent to an activating group) is 1. The highest BCUT2D eigenvalue weighted by molar-refractivity contribution is 5.76. The second-order valence-corrected chi connectivity index (χ2v) is 4.38. The SMILES string of the molecule is CN(CCC(=O)NC1CC1)C1CNC1. The molecule has 80 valence electrons.